The Morgan fingerprint density at radius 3 is 2.37 bits per heavy atom. The highest BCUT2D eigenvalue weighted by Crippen LogP contribution is 2.76. The molecule has 3 heterocycles. The highest BCUT2D eigenvalue weighted by atomic mass is 16.6. The SMILES string of the molecule is CC1CCOC(C2OC2C(C)(O)C(C)(CO)CCC2CC[NH2+]C(N)C2)(C2CCC3(O)C4=CC(=O)C5CC(O)CC6(CCCC6)C5(C)C4C(CCC4CCCCC4)CC23C)C1. The van der Waals surface area contributed by atoms with Crippen LogP contribution < -0.4 is 11.1 Å². The molecule has 6 aliphatic carbocycles. The van der Waals surface area contributed by atoms with Gasteiger partial charge in [0.2, 0.25) is 0 Å². The van der Waals surface area contributed by atoms with E-state index in [0.717, 1.165) is 102 Å². The van der Waals surface area contributed by atoms with E-state index in [0.29, 0.717) is 43.6 Å². The van der Waals surface area contributed by atoms with E-state index >= 15 is 0 Å². The molecule has 9 heteroatoms. The fourth-order valence-corrected chi connectivity index (χ4v) is 17.3. The number of ether oxygens (including phenoxy) is 2. The van der Waals surface area contributed by atoms with E-state index in [4.69, 9.17) is 15.2 Å². The molecule has 9 nitrogen and oxygen atoms in total. The molecule has 340 valence electrons. The first-order valence-corrected chi connectivity index (χ1v) is 25.3. The molecule has 0 amide bonds. The number of ketones is 1. The Bertz CT molecular complexity index is 1620. The highest BCUT2D eigenvalue weighted by Gasteiger charge is 2.77. The van der Waals surface area contributed by atoms with Gasteiger partial charge in [-0.05, 0) is 148 Å². The number of carbonyl (C=O) groups is 1. The topological polar surface area (TPSA) is 162 Å². The number of hydrogen-bond acceptors (Lipinski definition) is 8. The average Bonchev–Trinajstić information content (AvgIpc) is 3.84. The number of hydrogen-bond donors (Lipinski definition) is 6. The number of epoxide rings is 1. The fourth-order valence-electron chi connectivity index (χ4n) is 17.3. The van der Waals surface area contributed by atoms with Crippen LogP contribution in [0.4, 0.5) is 0 Å². The van der Waals surface area contributed by atoms with E-state index < -0.39 is 39.8 Å². The van der Waals surface area contributed by atoms with Crippen molar-refractivity contribution >= 4 is 5.78 Å². The molecule has 0 aromatic rings. The summed E-state index contributed by atoms with van der Waals surface area (Å²) in [5.74, 6) is 1.95. The average molecular weight is 838 g/mol. The van der Waals surface area contributed by atoms with Crippen molar-refractivity contribution in [3.05, 3.63) is 11.6 Å². The number of aliphatic hydroxyl groups excluding tert-OH is 2. The Hall–Kier alpha value is -0.910. The smallest absolute Gasteiger partial charge is 0.159 e. The fraction of sp³-hybridized carbons (Fsp3) is 0.941. The summed E-state index contributed by atoms with van der Waals surface area (Å²) in [5.41, 5.74) is 2.45. The first-order valence-electron chi connectivity index (χ1n) is 25.3. The van der Waals surface area contributed by atoms with E-state index in [1.54, 1.807) is 0 Å². The summed E-state index contributed by atoms with van der Waals surface area (Å²) in [4.78, 5) is 14.8. The molecule has 8 N–H and O–H groups in total. The van der Waals surface area contributed by atoms with E-state index in [1.165, 1.54) is 38.5 Å². The van der Waals surface area contributed by atoms with Gasteiger partial charge in [0.05, 0.1) is 30.5 Å². The van der Waals surface area contributed by atoms with Crippen LogP contribution in [-0.2, 0) is 14.3 Å². The molecule has 0 aromatic heterocycles. The van der Waals surface area contributed by atoms with Crippen molar-refractivity contribution in [2.24, 2.45) is 68.8 Å². The third-order valence-corrected chi connectivity index (χ3v) is 21.1. The summed E-state index contributed by atoms with van der Waals surface area (Å²) in [7, 11) is 0. The molecule has 5 saturated carbocycles. The second kappa shape index (κ2) is 15.9. The minimum atomic E-state index is -1.30. The largest absolute Gasteiger partial charge is 0.396 e. The van der Waals surface area contributed by atoms with Crippen LogP contribution in [0.2, 0.25) is 0 Å². The summed E-state index contributed by atoms with van der Waals surface area (Å²) in [6.07, 6.45) is 23.2. The standard InChI is InChI=1S/C51H84N2O7/c1-32-18-24-59-50(28-32,44-43(60-44)48(5,57)45(2,31-54)21-15-34-17-23-53-41(52)25-34)40-16-22-51(58)38-27-39(56)37-26-36(55)30-49(19-9-10-20-49)47(37,4)42(38)35(29-46(40,51)3)14-13-33-11-7-6-8-12-33/h27,32-37,40-44,53-55,57-58H,6-26,28-31,52H2,1-5H3/p+1. The van der Waals surface area contributed by atoms with Crippen LogP contribution in [0.3, 0.4) is 0 Å². The van der Waals surface area contributed by atoms with Gasteiger partial charge in [-0.1, -0.05) is 79.1 Å². The number of carbonyl (C=O) groups excluding carboxylic acids is 1. The molecule has 3 aliphatic heterocycles. The minimum absolute atomic E-state index is 0.0304. The summed E-state index contributed by atoms with van der Waals surface area (Å²) in [6.45, 7) is 12.6. The zero-order valence-electron chi connectivity index (χ0n) is 38.3. The van der Waals surface area contributed by atoms with E-state index in [-0.39, 0.29) is 53.2 Å². The number of fused-ring (bicyclic) bond motifs is 6. The van der Waals surface area contributed by atoms with Gasteiger partial charge in [0, 0.05) is 29.8 Å². The highest BCUT2D eigenvalue weighted by molar-refractivity contribution is 5.95. The Morgan fingerprint density at radius 2 is 1.67 bits per heavy atom. The number of piperidine rings is 1. The second-order valence-electron chi connectivity index (χ2n) is 24.2. The predicted octanol–water partition coefficient (Wildman–Crippen LogP) is 6.72. The molecule has 60 heavy (non-hydrogen) atoms. The van der Waals surface area contributed by atoms with Crippen LogP contribution >= 0.6 is 0 Å². The third-order valence-electron chi connectivity index (χ3n) is 21.1. The lowest BCUT2D eigenvalue weighted by Gasteiger charge is -2.67. The molecule has 9 rings (SSSR count). The van der Waals surface area contributed by atoms with Gasteiger partial charge in [-0.25, -0.2) is 0 Å². The van der Waals surface area contributed by atoms with Crippen molar-refractivity contribution in [1.29, 1.82) is 0 Å². The lowest BCUT2D eigenvalue weighted by Crippen LogP contribution is -2.94. The molecule has 16 unspecified atom stereocenters. The monoisotopic (exact) mass is 838 g/mol. The molecule has 0 aromatic carbocycles. The van der Waals surface area contributed by atoms with Gasteiger partial charge >= 0.3 is 0 Å². The molecule has 0 radical (unpaired) electrons. The minimum Gasteiger partial charge on any atom is -0.396 e. The van der Waals surface area contributed by atoms with E-state index in [2.05, 4.69) is 26.1 Å². The lowest BCUT2D eigenvalue weighted by molar-refractivity contribution is -0.699. The summed E-state index contributed by atoms with van der Waals surface area (Å²) in [6, 6.07) is 0. The van der Waals surface area contributed by atoms with Crippen LogP contribution in [0.1, 0.15) is 176 Å². The van der Waals surface area contributed by atoms with Gasteiger partial charge in [0.15, 0.2) is 5.78 Å². The van der Waals surface area contributed by atoms with Crippen LogP contribution in [-0.4, -0.2) is 87.2 Å². The maximum absolute atomic E-state index is 14.8. The summed E-state index contributed by atoms with van der Waals surface area (Å²) >= 11 is 0. The maximum atomic E-state index is 14.8. The molecule has 8 fully saturated rings. The van der Waals surface area contributed by atoms with Crippen molar-refractivity contribution in [3.63, 3.8) is 0 Å². The Morgan fingerprint density at radius 1 is 0.917 bits per heavy atom. The van der Waals surface area contributed by atoms with Gasteiger partial charge in [-0.3, -0.25) is 10.5 Å². The zero-order valence-corrected chi connectivity index (χ0v) is 38.3. The van der Waals surface area contributed by atoms with Crippen LogP contribution in [0.15, 0.2) is 11.6 Å². The number of aliphatic hydroxyl groups is 4. The molecule has 9 aliphatic rings. The summed E-state index contributed by atoms with van der Waals surface area (Å²) in [5, 5.41) is 51.3. The van der Waals surface area contributed by atoms with Gasteiger partial charge in [-0.15, -0.1) is 0 Å². The normalized spacial score (nSPS) is 48.7. The molecule has 1 spiro atoms. The third kappa shape index (κ3) is 6.75. The first-order chi connectivity index (χ1) is 28.5. The molecule has 3 saturated heterocycles. The number of quaternary nitrogens is 1. The molecular formula is C51H85N2O7+. The van der Waals surface area contributed by atoms with Crippen molar-refractivity contribution in [1.82, 2.24) is 0 Å². The van der Waals surface area contributed by atoms with Crippen molar-refractivity contribution < 1.29 is 40.0 Å². The Balaban J connectivity index is 1.08. The number of rotatable bonds is 11. The van der Waals surface area contributed by atoms with Gasteiger partial charge in [-0.2, -0.15) is 0 Å². The number of allylic oxidation sites excluding steroid dienone is 1. The zero-order chi connectivity index (χ0) is 42.5. The lowest BCUT2D eigenvalue weighted by atomic mass is 9.37. The van der Waals surface area contributed by atoms with Gasteiger partial charge in [0.25, 0.3) is 0 Å². The molecular weight excluding hydrogens is 753 g/mol. The number of nitrogens with two attached hydrogens (primary N) is 2. The van der Waals surface area contributed by atoms with E-state index in [1.807, 2.05) is 19.9 Å². The summed E-state index contributed by atoms with van der Waals surface area (Å²) < 4.78 is 14.1. The molecule has 16 atom stereocenters. The van der Waals surface area contributed by atoms with Crippen molar-refractivity contribution in [3.8, 4) is 0 Å². The van der Waals surface area contributed by atoms with Gasteiger partial charge < -0.3 is 35.2 Å². The van der Waals surface area contributed by atoms with Gasteiger partial charge in [0.1, 0.15) is 24.0 Å². The predicted molar refractivity (Wildman–Crippen MR) is 232 cm³/mol. The molecule has 0 bridgehead atoms. The van der Waals surface area contributed by atoms with Crippen molar-refractivity contribution in [2.75, 3.05) is 19.8 Å². The second-order valence-corrected chi connectivity index (χ2v) is 24.2. The Labute approximate surface area is 362 Å². The van der Waals surface area contributed by atoms with Crippen LogP contribution in [0.25, 0.3) is 0 Å². The maximum Gasteiger partial charge on any atom is 0.159 e. The Kier molecular flexibility index (Phi) is 11.7. The van der Waals surface area contributed by atoms with E-state index in [9.17, 15) is 25.2 Å². The van der Waals surface area contributed by atoms with Crippen LogP contribution in [0.5, 0.6) is 0 Å². The first kappa shape index (κ1) is 44.3. The van der Waals surface area contributed by atoms with Crippen molar-refractivity contribution in [2.45, 2.75) is 217 Å². The quantitative estimate of drug-likeness (QED) is 0.125. The van der Waals surface area contributed by atoms with Crippen LogP contribution in [0, 0.1) is 63.1 Å².